The molecular formula is C17H33N5O5. The number of carbonyl (C=O) groups is 4. The van der Waals surface area contributed by atoms with E-state index in [2.05, 4.69) is 16.0 Å². The van der Waals surface area contributed by atoms with Gasteiger partial charge in [0.15, 0.2) is 0 Å². The molecule has 3 unspecified atom stereocenters. The second kappa shape index (κ2) is 13.0. The van der Waals surface area contributed by atoms with Crippen LogP contribution in [0.1, 0.15) is 46.5 Å². The van der Waals surface area contributed by atoms with Crippen molar-refractivity contribution in [3.8, 4) is 0 Å². The minimum Gasteiger partial charge on any atom is -0.480 e. The number of rotatable bonds is 13. The second-order valence-corrected chi connectivity index (χ2v) is 6.93. The van der Waals surface area contributed by atoms with Crippen molar-refractivity contribution in [3.63, 3.8) is 0 Å². The van der Waals surface area contributed by atoms with Gasteiger partial charge in [0.25, 0.3) is 0 Å². The van der Waals surface area contributed by atoms with Crippen LogP contribution in [0.15, 0.2) is 0 Å². The molecule has 0 aromatic carbocycles. The lowest BCUT2D eigenvalue weighted by molar-refractivity contribution is -0.142. The molecule has 0 radical (unpaired) electrons. The fourth-order valence-corrected chi connectivity index (χ4v) is 2.28. The van der Waals surface area contributed by atoms with E-state index >= 15 is 0 Å². The van der Waals surface area contributed by atoms with Crippen LogP contribution < -0.4 is 27.4 Å². The van der Waals surface area contributed by atoms with Crippen LogP contribution in [0.2, 0.25) is 0 Å². The predicted octanol–water partition coefficient (Wildman–Crippen LogP) is -1.32. The molecular weight excluding hydrogens is 354 g/mol. The van der Waals surface area contributed by atoms with Crippen LogP contribution in [0.4, 0.5) is 0 Å². The summed E-state index contributed by atoms with van der Waals surface area (Å²) in [7, 11) is 0. The Morgan fingerprint density at radius 3 is 2.15 bits per heavy atom. The van der Waals surface area contributed by atoms with E-state index in [1.54, 1.807) is 0 Å². The van der Waals surface area contributed by atoms with E-state index in [1.165, 1.54) is 6.92 Å². The molecule has 0 spiro atoms. The first-order chi connectivity index (χ1) is 12.6. The summed E-state index contributed by atoms with van der Waals surface area (Å²) in [4.78, 5) is 46.9. The van der Waals surface area contributed by atoms with Crippen LogP contribution in [-0.4, -0.2) is 60.0 Å². The zero-order valence-electron chi connectivity index (χ0n) is 16.3. The summed E-state index contributed by atoms with van der Waals surface area (Å²) in [6, 6.07) is -2.63. The molecule has 0 aliphatic rings. The zero-order valence-corrected chi connectivity index (χ0v) is 16.3. The van der Waals surface area contributed by atoms with Gasteiger partial charge in [0.05, 0.1) is 12.6 Å². The number of carboxylic acid groups (broad SMARTS) is 1. The maximum atomic E-state index is 12.0. The summed E-state index contributed by atoms with van der Waals surface area (Å²) >= 11 is 0. The van der Waals surface area contributed by atoms with Crippen molar-refractivity contribution >= 4 is 23.7 Å². The number of carbonyl (C=O) groups excluding carboxylic acids is 3. The molecule has 0 saturated heterocycles. The average molecular weight is 387 g/mol. The van der Waals surface area contributed by atoms with Gasteiger partial charge in [0.2, 0.25) is 17.7 Å². The van der Waals surface area contributed by atoms with Gasteiger partial charge in [0, 0.05) is 0 Å². The van der Waals surface area contributed by atoms with Crippen molar-refractivity contribution in [1.82, 2.24) is 16.0 Å². The van der Waals surface area contributed by atoms with E-state index in [9.17, 15) is 19.2 Å². The molecule has 156 valence electrons. The smallest absolute Gasteiger partial charge is 0.326 e. The van der Waals surface area contributed by atoms with Gasteiger partial charge < -0.3 is 32.5 Å². The SMILES string of the molecule is CC(C)CC(NC(=O)CNC(=O)C(C)NC(=O)C(N)CCCCN)C(=O)O. The highest BCUT2D eigenvalue weighted by atomic mass is 16.4. The number of hydrogen-bond donors (Lipinski definition) is 6. The summed E-state index contributed by atoms with van der Waals surface area (Å²) in [6.45, 7) is 5.29. The van der Waals surface area contributed by atoms with E-state index in [4.69, 9.17) is 16.6 Å². The lowest BCUT2D eigenvalue weighted by Crippen LogP contribution is -2.52. The quantitative estimate of drug-likeness (QED) is 0.212. The normalized spacial score (nSPS) is 14.1. The van der Waals surface area contributed by atoms with Gasteiger partial charge in [-0.25, -0.2) is 4.79 Å². The molecule has 0 rings (SSSR count). The Balaban J connectivity index is 4.33. The fraction of sp³-hybridized carbons (Fsp3) is 0.765. The fourth-order valence-electron chi connectivity index (χ4n) is 2.28. The number of nitrogens with one attached hydrogen (secondary N) is 3. The number of unbranched alkanes of at least 4 members (excludes halogenated alkanes) is 1. The minimum atomic E-state index is -1.13. The van der Waals surface area contributed by atoms with Crippen LogP contribution in [0, 0.1) is 5.92 Å². The first kappa shape index (κ1) is 24.8. The summed E-state index contributed by atoms with van der Waals surface area (Å²) in [6.07, 6.45) is 2.23. The first-order valence-corrected chi connectivity index (χ1v) is 9.14. The molecule has 10 nitrogen and oxygen atoms in total. The molecule has 0 bridgehead atoms. The van der Waals surface area contributed by atoms with Crippen LogP contribution in [0.5, 0.6) is 0 Å². The Morgan fingerprint density at radius 2 is 1.63 bits per heavy atom. The molecule has 8 N–H and O–H groups in total. The maximum absolute atomic E-state index is 12.0. The molecule has 3 atom stereocenters. The van der Waals surface area contributed by atoms with Gasteiger partial charge in [-0.2, -0.15) is 0 Å². The summed E-state index contributed by atoms with van der Waals surface area (Å²) < 4.78 is 0. The molecule has 0 aromatic heterocycles. The van der Waals surface area contributed by atoms with E-state index in [0.29, 0.717) is 19.4 Å². The topological polar surface area (TPSA) is 177 Å². The third-order valence-electron chi connectivity index (χ3n) is 3.82. The summed E-state index contributed by atoms with van der Waals surface area (Å²) in [5.41, 5.74) is 11.1. The van der Waals surface area contributed by atoms with Gasteiger partial charge in [-0.15, -0.1) is 0 Å². The van der Waals surface area contributed by atoms with Crippen LogP contribution >= 0.6 is 0 Å². The summed E-state index contributed by atoms with van der Waals surface area (Å²) in [5, 5.41) is 16.3. The van der Waals surface area contributed by atoms with Gasteiger partial charge in [-0.3, -0.25) is 14.4 Å². The third kappa shape index (κ3) is 11.2. The monoisotopic (exact) mass is 387 g/mol. The minimum absolute atomic E-state index is 0.0882. The zero-order chi connectivity index (χ0) is 21.0. The standard InChI is InChI=1S/C17H33N5O5/c1-10(2)8-13(17(26)27)22-14(23)9-20-15(24)11(3)21-16(25)12(19)6-4-5-7-18/h10-13H,4-9,18-19H2,1-3H3,(H,20,24)(H,21,25)(H,22,23)(H,26,27). The molecule has 0 fully saturated rings. The number of carboxylic acids is 1. The molecule has 27 heavy (non-hydrogen) atoms. The molecule has 0 saturated carbocycles. The third-order valence-corrected chi connectivity index (χ3v) is 3.82. The largest absolute Gasteiger partial charge is 0.480 e. The van der Waals surface area contributed by atoms with Crippen molar-refractivity contribution in [1.29, 1.82) is 0 Å². The number of hydrogen-bond acceptors (Lipinski definition) is 6. The highest BCUT2D eigenvalue weighted by molar-refractivity contribution is 5.92. The Kier molecular flexibility index (Phi) is 12.0. The highest BCUT2D eigenvalue weighted by Crippen LogP contribution is 2.04. The van der Waals surface area contributed by atoms with Crippen molar-refractivity contribution < 1.29 is 24.3 Å². The molecule has 3 amide bonds. The van der Waals surface area contributed by atoms with Crippen LogP contribution in [0.25, 0.3) is 0 Å². The van der Waals surface area contributed by atoms with Crippen LogP contribution in [-0.2, 0) is 19.2 Å². The Bertz CT molecular complexity index is 512. The lowest BCUT2D eigenvalue weighted by atomic mass is 10.0. The number of aliphatic carboxylic acids is 1. The number of nitrogens with two attached hydrogens (primary N) is 2. The lowest BCUT2D eigenvalue weighted by Gasteiger charge is -2.19. The van der Waals surface area contributed by atoms with Crippen molar-refractivity contribution in [2.75, 3.05) is 13.1 Å². The van der Waals surface area contributed by atoms with Gasteiger partial charge >= 0.3 is 5.97 Å². The molecule has 0 aromatic rings. The molecule has 10 heteroatoms. The van der Waals surface area contributed by atoms with Crippen molar-refractivity contribution in [2.45, 2.75) is 64.6 Å². The molecule has 0 aliphatic carbocycles. The molecule has 0 heterocycles. The summed E-state index contributed by atoms with van der Waals surface area (Å²) in [5.74, 6) is -2.68. The maximum Gasteiger partial charge on any atom is 0.326 e. The number of amides is 3. The van der Waals surface area contributed by atoms with Crippen molar-refractivity contribution in [3.05, 3.63) is 0 Å². The van der Waals surface area contributed by atoms with Crippen molar-refractivity contribution in [2.24, 2.45) is 17.4 Å². The Hall–Kier alpha value is -2.20. The van der Waals surface area contributed by atoms with Gasteiger partial charge in [0.1, 0.15) is 12.1 Å². The van der Waals surface area contributed by atoms with Crippen LogP contribution in [0.3, 0.4) is 0 Å². The molecule has 0 aliphatic heterocycles. The second-order valence-electron chi connectivity index (χ2n) is 6.93. The highest BCUT2D eigenvalue weighted by Gasteiger charge is 2.23. The Morgan fingerprint density at radius 1 is 1.00 bits per heavy atom. The van der Waals surface area contributed by atoms with E-state index < -0.39 is 41.8 Å². The van der Waals surface area contributed by atoms with E-state index in [-0.39, 0.29) is 18.9 Å². The van der Waals surface area contributed by atoms with Gasteiger partial charge in [-0.1, -0.05) is 20.3 Å². The van der Waals surface area contributed by atoms with E-state index in [0.717, 1.165) is 6.42 Å². The first-order valence-electron chi connectivity index (χ1n) is 9.14. The van der Waals surface area contributed by atoms with E-state index in [1.807, 2.05) is 13.8 Å². The average Bonchev–Trinajstić information content (AvgIpc) is 2.58. The predicted molar refractivity (Wildman–Crippen MR) is 101 cm³/mol. The Labute approximate surface area is 159 Å². The van der Waals surface area contributed by atoms with Gasteiger partial charge in [-0.05, 0) is 38.6 Å².